The Balaban J connectivity index is 1.51. The number of fused-ring (bicyclic) bond motifs is 1. The van der Waals surface area contributed by atoms with Crippen LogP contribution in [-0.2, 0) is 10.0 Å². The number of benzene rings is 3. The van der Waals surface area contributed by atoms with Gasteiger partial charge in [0, 0.05) is 12.6 Å². The standard InChI is InChI=1S/C24H24N2O5S/c1-17(18-11-12-22-23(16-18)31-14-13-30-22)25-24(27)19-7-6-8-20(15-19)26(2)32(28,29)21-9-4-3-5-10-21/h3-12,15-17H,13-14H2,1-2H3,(H,25,27)/t17-/m1/s1. The molecule has 3 aromatic carbocycles. The third-order valence-electron chi connectivity index (χ3n) is 5.29. The second kappa shape index (κ2) is 8.92. The third kappa shape index (κ3) is 4.40. The lowest BCUT2D eigenvalue weighted by Gasteiger charge is -2.22. The van der Waals surface area contributed by atoms with Crippen molar-refractivity contribution in [2.75, 3.05) is 24.6 Å². The number of nitrogens with one attached hydrogen (secondary N) is 1. The number of ether oxygens (including phenoxy) is 2. The number of carbonyl (C=O) groups is 1. The van der Waals surface area contributed by atoms with Crippen LogP contribution in [0.5, 0.6) is 11.5 Å². The van der Waals surface area contributed by atoms with Crippen molar-refractivity contribution >= 4 is 21.6 Å². The zero-order valence-corrected chi connectivity index (χ0v) is 18.6. The van der Waals surface area contributed by atoms with E-state index < -0.39 is 10.0 Å². The molecule has 0 spiro atoms. The molecule has 1 atom stereocenters. The number of rotatable bonds is 6. The van der Waals surface area contributed by atoms with Gasteiger partial charge in [0.2, 0.25) is 0 Å². The minimum Gasteiger partial charge on any atom is -0.486 e. The highest BCUT2D eigenvalue weighted by atomic mass is 32.2. The van der Waals surface area contributed by atoms with Gasteiger partial charge in [-0.15, -0.1) is 0 Å². The topological polar surface area (TPSA) is 84.9 Å². The van der Waals surface area contributed by atoms with Gasteiger partial charge in [-0.2, -0.15) is 0 Å². The number of anilines is 1. The molecular weight excluding hydrogens is 428 g/mol. The van der Waals surface area contributed by atoms with Crippen molar-refractivity contribution in [3.63, 3.8) is 0 Å². The first-order chi connectivity index (χ1) is 15.4. The lowest BCUT2D eigenvalue weighted by molar-refractivity contribution is 0.0939. The maximum absolute atomic E-state index is 12.9. The zero-order valence-electron chi connectivity index (χ0n) is 17.8. The van der Waals surface area contributed by atoms with Crippen molar-refractivity contribution in [3.8, 4) is 11.5 Å². The Labute approximate surface area is 187 Å². The van der Waals surface area contributed by atoms with Crippen molar-refractivity contribution in [1.29, 1.82) is 0 Å². The van der Waals surface area contributed by atoms with E-state index >= 15 is 0 Å². The molecule has 1 aliphatic rings. The number of carbonyl (C=O) groups excluding carboxylic acids is 1. The van der Waals surface area contributed by atoms with Gasteiger partial charge in [0.15, 0.2) is 11.5 Å². The number of hydrogen-bond acceptors (Lipinski definition) is 5. The third-order valence-corrected chi connectivity index (χ3v) is 7.09. The Hall–Kier alpha value is -3.52. The summed E-state index contributed by atoms with van der Waals surface area (Å²) in [7, 11) is -2.26. The van der Waals surface area contributed by atoms with Crippen LogP contribution in [0, 0.1) is 0 Å². The Bertz CT molecular complexity index is 1230. The minimum absolute atomic E-state index is 0.185. The average Bonchev–Trinajstić information content (AvgIpc) is 2.83. The number of sulfonamides is 1. The number of nitrogens with zero attached hydrogens (tertiary/aromatic N) is 1. The molecule has 166 valence electrons. The molecule has 8 heteroatoms. The Morgan fingerprint density at radius 2 is 1.66 bits per heavy atom. The van der Waals surface area contributed by atoms with Crippen LogP contribution < -0.4 is 19.1 Å². The molecule has 1 amide bonds. The second-order valence-corrected chi connectivity index (χ2v) is 9.40. The molecule has 1 heterocycles. The van der Waals surface area contributed by atoms with Crippen LogP contribution in [0.3, 0.4) is 0 Å². The van der Waals surface area contributed by atoms with Crippen LogP contribution in [0.1, 0.15) is 28.9 Å². The Morgan fingerprint density at radius 1 is 0.938 bits per heavy atom. The molecule has 0 fully saturated rings. The molecule has 0 saturated carbocycles. The van der Waals surface area contributed by atoms with E-state index in [1.807, 2.05) is 25.1 Å². The molecule has 7 nitrogen and oxygen atoms in total. The lowest BCUT2D eigenvalue weighted by atomic mass is 10.1. The fourth-order valence-electron chi connectivity index (χ4n) is 3.42. The maximum atomic E-state index is 12.9. The minimum atomic E-state index is -3.73. The first-order valence-electron chi connectivity index (χ1n) is 10.2. The first kappa shape index (κ1) is 21.7. The summed E-state index contributed by atoms with van der Waals surface area (Å²) in [5, 5.41) is 2.95. The smallest absolute Gasteiger partial charge is 0.264 e. The van der Waals surface area contributed by atoms with E-state index in [0.717, 1.165) is 5.56 Å². The number of hydrogen-bond donors (Lipinski definition) is 1. The SMILES string of the molecule is C[C@@H](NC(=O)c1cccc(N(C)S(=O)(=O)c2ccccc2)c1)c1ccc2c(c1)OCCO2. The summed E-state index contributed by atoms with van der Waals surface area (Å²) in [6.45, 7) is 2.88. The molecule has 0 saturated heterocycles. The molecule has 0 aliphatic carbocycles. The molecule has 32 heavy (non-hydrogen) atoms. The van der Waals surface area contributed by atoms with Gasteiger partial charge in [0.05, 0.1) is 16.6 Å². The number of amides is 1. The molecule has 0 radical (unpaired) electrons. The molecule has 1 N–H and O–H groups in total. The van der Waals surface area contributed by atoms with E-state index in [0.29, 0.717) is 36.0 Å². The fourth-order valence-corrected chi connectivity index (χ4v) is 4.63. The summed E-state index contributed by atoms with van der Waals surface area (Å²) < 4.78 is 38.1. The van der Waals surface area contributed by atoms with E-state index in [4.69, 9.17) is 9.47 Å². The van der Waals surface area contributed by atoms with E-state index in [1.54, 1.807) is 42.5 Å². The molecule has 0 aromatic heterocycles. The van der Waals surface area contributed by atoms with Crippen LogP contribution in [-0.4, -0.2) is 34.6 Å². The molecular formula is C24H24N2O5S. The first-order valence-corrected chi connectivity index (χ1v) is 11.6. The van der Waals surface area contributed by atoms with Crippen LogP contribution in [0.15, 0.2) is 77.7 Å². The molecule has 0 unspecified atom stereocenters. The highest BCUT2D eigenvalue weighted by Crippen LogP contribution is 2.32. The summed E-state index contributed by atoms with van der Waals surface area (Å²) in [4.78, 5) is 13.1. The van der Waals surface area contributed by atoms with Crippen molar-refractivity contribution in [2.45, 2.75) is 17.9 Å². The van der Waals surface area contributed by atoms with Crippen LogP contribution in [0.2, 0.25) is 0 Å². The van der Waals surface area contributed by atoms with Crippen LogP contribution in [0.25, 0.3) is 0 Å². The van der Waals surface area contributed by atoms with Gasteiger partial charge >= 0.3 is 0 Å². The molecule has 3 aromatic rings. The Kier molecular flexibility index (Phi) is 6.05. The van der Waals surface area contributed by atoms with Gasteiger partial charge in [0.25, 0.3) is 15.9 Å². The quantitative estimate of drug-likeness (QED) is 0.615. The summed E-state index contributed by atoms with van der Waals surface area (Å²) in [5.41, 5.74) is 1.64. The van der Waals surface area contributed by atoms with Gasteiger partial charge in [0.1, 0.15) is 13.2 Å². The van der Waals surface area contributed by atoms with Crippen molar-refractivity contribution in [1.82, 2.24) is 5.32 Å². The second-order valence-electron chi connectivity index (χ2n) is 7.43. The van der Waals surface area contributed by atoms with Gasteiger partial charge in [-0.1, -0.05) is 30.3 Å². The normalized spacial score (nSPS) is 13.8. The van der Waals surface area contributed by atoms with E-state index in [2.05, 4.69) is 5.32 Å². The highest BCUT2D eigenvalue weighted by molar-refractivity contribution is 7.92. The van der Waals surface area contributed by atoms with Crippen molar-refractivity contribution < 1.29 is 22.7 Å². The highest BCUT2D eigenvalue weighted by Gasteiger charge is 2.22. The predicted molar refractivity (Wildman–Crippen MR) is 122 cm³/mol. The van der Waals surface area contributed by atoms with Gasteiger partial charge in [-0.05, 0) is 55.0 Å². The van der Waals surface area contributed by atoms with Gasteiger partial charge in [-0.25, -0.2) is 8.42 Å². The fraction of sp³-hybridized carbons (Fsp3) is 0.208. The van der Waals surface area contributed by atoms with Crippen LogP contribution in [0.4, 0.5) is 5.69 Å². The van der Waals surface area contributed by atoms with E-state index in [-0.39, 0.29) is 16.8 Å². The summed E-state index contributed by atoms with van der Waals surface area (Å²) in [6, 6.07) is 20.0. The lowest BCUT2D eigenvalue weighted by Crippen LogP contribution is -2.28. The van der Waals surface area contributed by atoms with Crippen LogP contribution >= 0.6 is 0 Å². The zero-order chi connectivity index (χ0) is 22.7. The average molecular weight is 453 g/mol. The summed E-state index contributed by atoms with van der Waals surface area (Å²) in [6.07, 6.45) is 0. The summed E-state index contributed by atoms with van der Waals surface area (Å²) >= 11 is 0. The summed E-state index contributed by atoms with van der Waals surface area (Å²) in [5.74, 6) is 1.04. The molecule has 0 bridgehead atoms. The molecule has 4 rings (SSSR count). The van der Waals surface area contributed by atoms with Crippen molar-refractivity contribution in [2.24, 2.45) is 0 Å². The largest absolute Gasteiger partial charge is 0.486 e. The van der Waals surface area contributed by atoms with Gasteiger partial charge < -0.3 is 14.8 Å². The van der Waals surface area contributed by atoms with E-state index in [9.17, 15) is 13.2 Å². The Morgan fingerprint density at radius 3 is 2.41 bits per heavy atom. The maximum Gasteiger partial charge on any atom is 0.264 e. The monoisotopic (exact) mass is 452 g/mol. The van der Waals surface area contributed by atoms with Gasteiger partial charge in [-0.3, -0.25) is 9.10 Å². The van der Waals surface area contributed by atoms with E-state index in [1.165, 1.54) is 23.5 Å². The predicted octanol–water partition coefficient (Wildman–Crippen LogP) is 3.77. The molecule has 1 aliphatic heterocycles. The van der Waals surface area contributed by atoms with Crippen molar-refractivity contribution in [3.05, 3.63) is 83.9 Å².